The lowest BCUT2D eigenvalue weighted by Crippen LogP contribution is -2.50. The molecule has 3 rings (SSSR count). The van der Waals surface area contributed by atoms with Crippen molar-refractivity contribution in [1.29, 1.82) is 0 Å². The number of halogens is 1. The first-order chi connectivity index (χ1) is 12.5. The van der Waals surface area contributed by atoms with Gasteiger partial charge in [-0.05, 0) is 23.8 Å². The lowest BCUT2D eigenvalue weighted by molar-refractivity contribution is -0.127. The molecule has 0 aromatic heterocycles. The summed E-state index contributed by atoms with van der Waals surface area (Å²) in [7, 11) is 0. The van der Waals surface area contributed by atoms with Gasteiger partial charge in [-0.2, -0.15) is 0 Å². The molecule has 1 aliphatic rings. The van der Waals surface area contributed by atoms with Crippen LogP contribution in [0.3, 0.4) is 0 Å². The Morgan fingerprint density at radius 3 is 2.27 bits per heavy atom. The molecule has 0 spiro atoms. The molecule has 2 aromatic carbocycles. The van der Waals surface area contributed by atoms with Crippen molar-refractivity contribution in [2.24, 2.45) is 0 Å². The van der Waals surface area contributed by atoms with E-state index in [9.17, 15) is 14.7 Å². The number of piperazine rings is 1. The van der Waals surface area contributed by atoms with E-state index < -0.39 is 0 Å². The number of nitrogens with zero attached hydrogens (tertiary/aromatic N) is 2. The summed E-state index contributed by atoms with van der Waals surface area (Å²) in [6.07, 6.45) is 1.27. The highest BCUT2D eigenvalue weighted by Crippen LogP contribution is 2.34. The molecule has 1 N–H and O–H groups in total. The summed E-state index contributed by atoms with van der Waals surface area (Å²) in [4.78, 5) is 27.8. The number of phenolic OH excluding ortho intramolecular Hbond substituents is 1. The molecule has 26 heavy (non-hydrogen) atoms. The average molecular weight is 371 g/mol. The van der Waals surface area contributed by atoms with Gasteiger partial charge in [0.05, 0.1) is 10.6 Å². The van der Waals surface area contributed by atoms with Crippen LogP contribution in [0.15, 0.2) is 55.1 Å². The second kappa shape index (κ2) is 7.62. The lowest BCUT2D eigenvalue weighted by atomic mass is 10.0. The predicted octanol–water partition coefficient (Wildman–Crippen LogP) is 3.18. The summed E-state index contributed by atoms with van der Waals surface area (Å²) in [6.45, 7) is 5.17. The predicted molar refractivity (Wildman–Crippen MR) is 101 cm³/mol. The maximum atomic E-state index is 12.9. The van der Waals surface area contributed by atoms with Gasteiger partial charge in [0.2, 0.25) is 5.91 Å². The Hall–Kier alpha value is -2.79. The lowest BCUT2D eigenvalue weighted by Gasteiger charge is -2.34. The molecule has 5 nitrogen and oxygen atoms in total. The van der Waals surface area contributed by atoms with Gasteiger partial charge in [-0.15, -0.1) is 0 Å². The highest BCUT2D eigenvalue weighted by atomic mass is 35.5. The molecule has 2 aromatic rings. The summed E-state index contributed by atoms with van der Waals surface area (Å²) in [5.41, 5.74) is 1.76. The van der Waals surface area contributed by atoms with Crippen molar-refractivity contribution in [3.05, 3.63) is 65.7 Å². The minimum Gasteiger partial charge on any atom is -0.507 e. The number of benzene rings is 2. The third kappa shape index (κ3) is 3.58. The molecule has 134 valence electrons. The van der Waals surface area contributed by atoms with Crippen LogP contribution < -0.4 is 0 Å². The highest BCUT2D eigenvalue weighted by molar-refractivity contribution is 6.33. The van der Waals surface area contributed by atoms with Crippen LogP contribution in [0, 0.1) is 0 Å². The third-order valence-electron chi connectivity index (χ3n) is 4.45. The molecular formula is C20H19ClN2O3. The van der Waals surface area contributed by atoms with Gasteiger partial charge in [0, 0.05) is 31.7 Å². The molecule has 0 saturated carbocycles. The molecule has 0 atom stereocenters. The van der Waals surface area contributed by atoms with Crippen LogP contribution in [-0.2, 0) is 4.79 Å². The van der Waals surface area contributed by atoms with Crippen molar-refractivity contribution in [2.75, 3.05) is 26.2 Å². The van der Waals surface area contributed by atoms with E-state index in [4.69, 9.17) is 11.6 Å². The molecule has 0 bridgehead atoms. The van der Waals surface area contributed by atoms with Gasteiger partial charge in [-0.25, -0.2) is 0 Å². The summed E-state index contributed by atoms with van der Waals surface area (Å²) in [6, 6.07) is 12.5. The standard InChI is InChI=1S/C20H19ClN2O3/c1-2-19(25)22-8-10-23(11-9-22)20(26)16-12-15(17(21)13-18(16)24)14-6-4-3-5-7-14/h2-7,12-13,24H,1,8-11H2. The van der Waals surface area contributed by atoms with E-state index >= 15 is 0 Å². The first-order valence-corrected chi connectivity index (χ1v) is 8.67. The smallest absolute Gasteiger partial charge is 0.257 e. The Labute approximate surface area is 157 Å². The first-order valence-electron chi connectivity index (χ1n) is 8.30. The molecule has 1 heterocycles. The maximum absolute atomic E-state index is 12.9. The average Bonchev–Trinajstić information content (AvgIpc) is 2.68. The van der Waals surface area contributed by atoms with Crippen molar-refractivity contribution in [1.82, 2.24) is 9.80 Å². The fraction of sp³-hybridized carbons (Fsp3) is 0.200. The Bertz CT molecular complexity index is 844. The van der Waals surface area contributed by atoms with Crippen molar-refractivity contribution in [2.45, 2.75) is 0 Å². The van der Waals surface area contributed by atoms with Crippen molar-refractivity contribution >= 4 is 23.4 Å². The largest absolute Gasteiger partial charge is 0.507 e. The van der Waals surface area contributed by atoms with Crippen LogP contribution in [-0.4, -0.2) is 52.9 Å². The van der Waals surface area contributed by atoms with Gasteiger partial charge >= 0.3 is 0 Å². The van der Waals surface area contributed by atoms with E-state index in [-0.39, 0.29) is 23.1 Å². The number of aromatic hydroxyl groups is 1. The Morgan fingerprint density at radius 1 is 1.04 bits per heavy atom. The summed E-state index contributed by atoms with van der Waals surface area (Å²) < 4.78 is 0. The van der Waals surface area contributed by atoms with Gasteiger partial charge in [0.1, 0.15) is 5.75 Å². The van der Waals surface area contributed by atoms with Crippen LogP contribution >= 0.6 is 11.6 Å². The quantitative estimate of drug-likeness (QED) is 0.844. The van der Waals surface area contributed by atoms with Crippen molar-refractivity contribution in [3.63, 3.8) is 0 Å². The number of phenols is 1. The molecule has 0 aliphatic carbocycles. The van der Waals surface area contributed by atoms with Crippen LogP contribution in [0.2, 0.25) is 5.02 Å². The van der Waals surface area contributed by atoms with Gasteiger partial charge in [-0.3, -0.25) is 9.59 Å². The van der Waals surface area contributed by atoms with Gasteiger partial charge in [0.25, 0.3) is 5.91 Å². The first kappa shape index (κ1) is 18.0. The maximum Gasteiger partial charge on any atom is 0.257 e. The minimum atomic E-state index is -0.276. The molecule has 1 saturated heterocycles. The number of rotatable bonds is 3. The van der Waals surface area contributed by atoms with Crippen LogP contribution in [0.5, 0.6) is 5.75 Å². The topological polar surface area (TPSA) is 60.9 Å². The molecular weight excluding hydrogens is 352 g/mol. The summed E-state index contributed by atoms with van der Waals surface area (Å²) in [5.74, 6) is -0.566. The fourth-order valence-electron chi connectivity index (χ4n) is 3.00. The van der Waals surface area contributed by atoms with E-state index in [0.29, 0.717) is 36.8 Å². The number of hydrogen-bond donors (Lipinski definition) is 1. The number of hydrogen-bond acceptors (Lipinski definition) is 3. The summed E-state index contributed by atoms with van der Waals surface area (Å²) >= 11 is 6.26. The monoisotopic (exact) mass is 370 g/mol. The van der Waals surface area contributed by atoms with Gasteiger partial charge < -0.3 is 14.9 Å². The van der Waals surface area contributed by atoms with Crippen LogP contribution in [0.1, 0.15) is 10.4 Å². The second-order valence-electron chi connectivity index (χ2n) is 6.04. The zero-order chi connectivity index (χ0) is 18.7. The third-order valence-corrected chi connectivity index (χ3v) is 4.77. The molecule has 0 unspecified atom stereocenters. The zero-order valence-electron chi connectivity index (χ0n) is 14.2. The van der Waals surface area contributed by atoms with Crippen molar-refractivity contribution < 1.29 is 14.7 Å². The van der Waals surface area contributed by atoms with E-state index in [2.05, 4.69) is 6.58 Å². The van der Waals surface area contributed by atoms with Gasteiger partial charge in [-0.1, -0.05) is 48.5 Å². The molecule has 1 fully saturated rings. The Balaban J connectivity index is 1.84. The number of carbonyl (C=O) groups excluding carboxylic acids is 2. The fourth-order valence-corrected chi connectivity index (χ4v) is 3.27. The van der Waals surface area contributed by atoms with E-state index in [1.807, 2.05) is 30.3 Å². The van der Waals surface area contributed by atoms with E-state index in [1.54, 1.807) is 15.9 Å². The molecule has 1 aliphatic heterocycles. The zero-order valence-corrected chi connectivity index (χ0v) is 14.9. The summed E-state index contributed by atoms with van der Waals surface area (Å²) in [5, 5.41) is 10.6. The minimum absolute atomic E-state index is 0.141. The van der Waals surface area contributed by atoms with E-state index in [0.717, 1.165) is 5.56 Å². The SMILES string of the molecule is C=CC(=O)N1CCN(C(=O)c2cc(-c3ccccc3)c(Cl)cc2O)CC1. The normalized spacial score (nSPS) is 14.2. The van der Waals surface area contributed by atoms with Crippen LogP contribution in [0.4, 0.5) is 0 Å². The molecule has 2 amide bonds. The van der Waals surface area contributed by atoms with Crippen molar-refractivity contribution in [3.8, 4) is 16.9 Å². The highest BCUT2D eigenvalue weighted by Gasteiger charge is 2.26. The number of amides is 2. The van der Waals surface area contributed by atoms with Crippen LogP contribution in [0.25, 0.3) is 11.1 Å². The Morgan fingerprint density at radius 2 is 1.65 bits per heavy atom. The molecule has 0 radical (unpaired) electrons. The number of carbonyl (C=O) groups is 2. The molecule has 6 heteroatoms. The second-order valence-corrected chi connectivity index (χ2v) is 6.44. The van der Waals surface area contributed by atoms with Gasteiger partial charge in [0.15, 0.2) is 0 Å². The van der Waals surface area contributed by atoms with E-state index in [1.165, 1.54) is 12.1 Å². The Kier molecular flexibility index (Phi) is 5.28.